The third-order valence-electron chi connectivity index (χ3n) is 1.69. The summed E-state index contributed by atoms with van der Waals surface area (Å²) in [5.41, 5.74) is 0. The number of esters is 1. The molecular formula is C10H20O2. The molecule has 0 heterocycles. The van der Waals surface area contributed by atoms with Crippen LogP contribution in [0.5, 0.6) is 0 Å². The van der Waals surface area contributed by atoms with Gasteiger partial charge in [-0.25, -0.2) is 0 Å². The molecule has 0 saturated carbocycles. The number of hydrogen-bond acceptors (Lipinski definition) is 2. The van der Waals surface area contributed by atoms with Gasteiger partial charge in [0.05, 0.1) is 6.61 Å². The molecule has 0 aromatic carbocycles. The molecule has 0 amide bonds. The zero-order valence-electron chi connectivity index (χ0n) is 8.43. The summed E-state index contributed by atoms with van der Waals surface area (Å²) in [6.07, 6.45) is 3.55. The Labute approximate surface area is 75.3 Å². The molecule has 72 valence electrons. The smallest absolute Gasteiger partial charge is 0.305 e. The van der Waals surface area contributed by atoms with Crippen LogP contribution in [0.25, 0.3) is 0 Å². The van der Waals surface area contributed by atoms with Crippen molar-refractivity contribution < 1.29 is 9.53 Å². The fraction of sp³-hybridized carbons (Fsp3) is 0.900. The van der Waals surface area contributed by atoms with Crippen molar-refractivity contribution in [3.8, 4) is 0 Å². The lowest BCUT2D eigenvalue weighted by atomic mass is 10.1. The lowest BCUT2D eigenvalue weighted by Gasteiger charge is -2.05. The molecule has 0 aromatic rings. The molecule has 0 radical (unpaired) electrons. The second-order valence-electron chi connectivity index (χ2n) is 3.51. The molecule has 2 nitrogen and oxygen atoms in total. The first-order chi connectivity index (χ1) is 5.66. The van der Waals surface area contributed by atoms with Gasteiger partial charge in [-0.1, -0.05) is 27.2 Å². The lowest BCUT2D eigenvalue weighted by molar-refractivity contribution is -0.144. The summed E-state index contributed by atoms with van der Waals surface area (Å²) < 4.78 is 5.02. The van der Waals surface area contributed by atoms with Crippen LogP contribution < -0.4 is 0 Å². The summed E-state index contributed by atoms with van der Waals surface area (Å²) in [6.45, 7) is 6.90. The zero-order valence-corrected chi connectivity index (χ0v) is 8.43. The molecule has 0 atom stereocenters. The Bertz CT molecular complexity index is 119. The number of unbranched alkanes of at least 4 members (excludes halogenated alkanes) is 1. The monoisotopic (exact) mass is 172 g/mol. The van der Waals surface area contributed by atoms with E-state index >= 15 is 0 Å². The van der Waals surface area contributed by atoms with Gasteiger partial charge in [-0.15, -0.1) is 0 Å². The van der Waals surface area contributed by atoms with Crippen LogP contribution in [0.15, 0.2) is 0 Å². The minimum atomic E-state index is -0.0440. The molecule has 0 spiro atoms. The molecular weight excluding hydrogens is 152 g/mol. The van der Waals surface area contributed by atoms with Gasteiger partial charge < -0.3 is 4.74 Å². The number of hydrogen-bond donors (Lipinski definition) is 0. The normalized spacial score (nSPS) is 10.3. The highest BCUT2D eigenvalue weighted by Crippen LogP contribution is 2.01. The summed E-state index contributed by atoms with van der Waals surface area (Å²) in [7, 11) is 0. The van der Waals surface area contributed by atoms with Crippen LogP contribution in [0.3, 0.4) is 0 Å². The molecule has 0 rings (SSSR count). The van der Waals surface area contributed by atoms with Gasteiger partial charge in [-0.2, -0.15) is 0 Å². The van der Waals surface area contributed by atoms with E-state index in [2.05, 4.69) is 20.8 Å². The summed E-state index contributed by atoms with van der Waals surface area (Å²) in [6, 6.07) is 0. The minimum absolute atomic E-state index is 0.0440. The van der Waals surface area contributed by atoms with Gasteiger partial charge in [0.1, 0.15) is 0 Å². The van der Waals surface area contributed by atoms with Crippen LogP contribution in [0.2, 0.25) is 0 Å². The Kier molecular flexibility index (Phi) is 6.82. The highest BCUT2D eigenvalue weighted by atomic mass is 16.5. The largest absolute Gasteiger partial charge is 0.466 e. The van der Waals surface area contributed by atoms with Crippen molar-refractivity contribution in [1.29, 1.82) is 0 Å². The van der Waals surface area contributed by atoms with Gasteiger partial charge in [-0.05, 0) is 18.8 Å². The number of rotatable bonds is 6. The summed E-state index contributed by atoms with van der Waals surface area (Å²) >= 11 is 0. The van der Waals surface area contributed by atoms with Gasteiger partial charge in [0.25, 0.3) is 0 Å². The Balaban J connectivity index is 3.20. The maximum absolute atomic E-state index is 11.0. The molecule has 0 N–H and O–H groups in total. The van der Waals surface area contributed by atoms with Crippen molar-refractivity contribution in [1.82, 2.24) is 0 Å². The average molecular weight is 172 g/mol. The third-order valence-corrected chi connectivity index (χ3v) is 1.69. The van der Waals surface area contributed by atoms with Crippen LogP contribution in [-0.2, 0) is 9.53 Å². The molecule has 12 heavy (non-hydrogen) atoms. The fourth-order valence-corrected chi connectivity index (χ4v) is 0.802. The Morgan fingerprint density at radius 3 is 2.58 bits per heavy atom. The second-order valence-corrected chi connectivity index (χ2v) is 3.51. The van der Waals surface area contributed by atoms with Gasteiger partial charge in [-0.3, -0.25) is 4.79 Å². The van der Waals surface area contributed by atoms with E-state index in [-0.39, 0.29) is 5.97 Å². The Morgan fingerprint density at radius 1 is 1.42 bits per heavy atom. The van der Waals surface area contributed by atoms with Crippen molar-refractivity contribution in [3.63, 3.8) is 0 Å². The van der Waals surface area contributed by atoms with Crippen LogP contribution in [0.1, 0.15) is 46.5 Å². The second kappa shape index (κ2) is 7.14. The highest BCUT2D eigenvalue weighted by molar-refractivity contribution is 5.69. The van der Waals surface area contributed by atoms with E-state index in [0.717, 1.165) is 19.3 Å². The van der Waals surface area contributed by atoms with Gasteiger partial charge in [0, 0.05) is 6.42 Å². The topological polar surface area (TPSA) is 26.3 Å². The third kappa shape index (κ3) is 7.58. The average Bonchev–Trinajstić information content (AvgIpc) is 2.00. The van der Waals surface area contributed by atoms with Crippen LogP contribution in [0.4, 0.5) is 0 Å². The molecule has 2 heteroatoms. The predicted octanol–water partition coefficient (Wildman–Crippen LogP) is 2.77. The molecule has 0 aliphatic heterocycles. The van der Waals surface area contributed by atoms with E-state index in [1.807, 2.05) is 0 Å². The van der Waals surface area contributed by atoms with Crippen LogP contribution in [0, 0.1) is 5.92 Å². The van der Waals surface area contributed by atoms with Gasteiger partial charge in [0.2, 0.25) is 0 Å². The maximum Gasteiger partial charge on any atom is 0.305 e. The number of carbonyl (C=O) groups excluding carboxylic acids is 1. The zero-order chi connectivity index (χ0) is 9.40. The van der Waals surface area contributed by atoms with Crippen molar-refractivity contribution in [3.05, 3.63) is 0 Å². The van der Waals surface area contributed by atoms with E-state index in [1.165, 1.54) is 0 Å². The first-order valence-electron chi connectivity index (χ1n) is 4.82. The first-order valence-corrected chi connectivity index (χ1v) is 4.82. The summed E-state index contributed by atoms with van der Waals surface area (Å²) in [5.74, 6) is 0.571. The quantitative estimate of drug-likeness (QED) is 0.576. The van der Waals surface area contributed by atoms with Crippen molar-refractivity contribution >= 4 is 5.97 Å². The van der Waals surface area contributed by atoms with E-state index < -0.39 is 0 Å². The molecule has 0 fully saturated rings. The minimum Gasteiger partial charge on any atom is -0.466 e. The van der Waals surface area contributed by atoms with E-state index in [1.54, 1.807) is 0 Å². The number of ether oxygens (including phenoxy) is 1. The highest BCUT2D eigenvalue weighted by Gasteiger charge is 2.01. The van der Waals surface area contributed by atoms with Gasteiger partial charge in [0.15, 0.2) is 0 Å². The van der Waals surface area contributed by atoms with Crippen LogP contribution >= 0.6 is 0 Å². The van der Waals surface area contributed by atoms with Crippen LogP contribution in [-0.4, -0.2) is 12.6 Å². The molecule has 0 bridgehead atoms. The summed E-state index contributed by atoms with van der Waals surface area (Å²) in [4.78, 5) is 11.0. The predicted molar refractivity (Wildman–Crippen MR) is 49.9 cm³/mol. The molecule has 0 aromatic heterocycles. The van der Waals surface area contributed by atoms with Gasteiger partial charge >= 0.3 is 5.97 Å². The number of carbonyl (C=O) groups is 1. The standard InChI is InChI=1S/C10H20O2/c1-4-5-6-10(11)12-8-7-9(2)3/h9H,4-8H2,1-3H3. The van der Waals surface area contributed by atoms with Crippen molar-refractivity contribution in [2.45, 2.75) is 46.5 Å². The van der Waals surface area contributed by atoms with Crippen molar-refractivity contribution in [2.75, 3.05) is 6.61 Å². The van der Waals surface area contributed by atoms with Crippen molar-refractivity contribution in [2.24, 2.45) is 5.92 Å². The molecule has 0 unspecified atom stereocenters. The Morgan fingerprint density at radius 2 is 2.08 bits per heavy atom. The maximum atomic E-state index is 11.0. The van der Waals surface area contributed by atoms with E-state index in [9.17, 15) is 4.79 Å². The fourth-order valence-electron chi connectivity index (χ4n) is 0.802. The lowest BCUT2D eigenvalue weighted by Crippen LogP contribution is -2.07. The molecule has 0 aliphatic rings. The molecule has 0 saturated heterocycles. The summed E-state index contributed by atoms with van der Waals surface area (Å²) in [5, 5.41) is 0. The SMILES string of the molecule is CCCCC(=O)OCCC(C)C. The Hall–Kier alpha value is -0.530. The van der Waals surface area contributed by atoms with E-state index in [0.29, 0.717) is 18.9 Å². The van der Waals surface area contributed by atoms with E-state index in [4.69, 9.17) is 4.74 Å². The first kappa shape index (κ1) is 11.5. The molecule has 0 aliphatic carbocycles.